The molecule has 8 nitrogen and oxygen atoms in total. The number of nitrogens with one attached hydrogen (secondary N) is 3. The number of rotatable bonds is 6. The summed E-state index contributed by atoms with van der Waals surface area (Å²) in [5.74, 6) is -0.0818. The molecule has 1 aromatic carbocycles. The van der Waals surface area contributed by atoms with Crippen molar-refractivity contribution in [2.45, 2.75) is 0 Å². The zero-order valence-electron chi connectivity index (χ0n) is 19.7. The van der Waals surface area contributed by atoms with E-state index in [9.17, 15) is 4.79 Å². The highest BCUT2D eigenvalue weighted by molar-refractivity contribution is 7.08. The third-order valence-corrected chi connectivity index (χ3v) is 6.69. The van der Waals surface area contributed by atoms with Gasteiger partial charge in [0.05, 0.1) is 41.4 Å². The van der Waals surface area contributed by atoms with Crippen LogP contribution < -0.4 is 5.32 Å². The van der Waals surface area contributed by atoms with Gasteiger partial charge in [0.2, 0.25) is 5.91 Å². The topological polar surface area (TPSA) is 103 Å². The molecule has 36 heavy (non-hydrogen) atoms. The van der Waals surface area contributed by atoms with Gasteiger partial charge in [-0.25, -0.2) is 0 Å². The molecule has 3 N–H and O–H groups in total. The molecular formula is C27H23N7OS. The highest BCUT2D eigenvalue weighted by Gasteiger charge is 2.15. The Bertz CT molecular complexity index is 1700. The van der Waals surface area contributed by atoms with Crippen LogP contribution in [0.3, 0.4) is 0 Å². The minimum Gasteiger partial charge on any atom is -0.352 e. The molecule has 0 aliphatic rings. The number of carbonyl (C=O) groups is 1. The summed E-state index contributed by atoms with van der Waals surface area (Å²) in [5, 5.41) is 17.0. The van der Waals surface area contributed by atoms with Crippen molar-refractivity contribution < 1.29 is 4.79 Å². The van der Waals surface area contributed by atoms with E-state index in [-0.39, 0.29) is 5.91 Å². The minimum absolute atomic E-state index is 0.0818. The lowest BCUT2D eigenvalue weighted by atomic mass is 10.0. The van der Waals surface area contributed by atoms with Crippen molar-refractivity contribution in [2.75, 3.05) is 26.0 Å². The van der Waals surface area contributed by atoms with Crippen molar-refractivity contribution in [1.29, 1.82) is 0 Å². The lowest BCUT2D eigenvalue weighted by Gasteiger charge is -2.11. The number of amides is 1. The summed E-state index contributed by atoms with van der Waals surface area (Å²) < 4.78 is 0. The Labute approximate surface area is 211 Å². The van der Waals surface area contributed by atoms with E-state index < -0.39 is 0 Å². The van der Waals surface area contributed by atoms with E-state index in [1.807, 2.05) is 49.6 Å². The maximum atomic E-state index is 12.2. The summed E-state index contributed by atoms with van der Waals surface area (Å²) in [6.45, 7) is 0.308. The maximum absolute atomic E-state index is 12.2. The number of thiophene rings is 1. The molecule has 0 radical (unpaired) electrons. The molecule has 0 aliphatic carbocycles. The van der Waals surface area contributed by atoms with E-state index in [1.165, 1.54) is 0 Å². The van der Waals surface area contributed by atoms with E-state index in [0.717, 1.165) is 55.4 Å². The predicted octanol–water partition coefficient (Wildman–Crippen LogP) is 5.40. The molecule has 5 aromatic heterocycles. The molecule has 0 unspecified atom stereocenters. The summed E-state index contributed by atoms with van der Waals surface area (Å²) in [5.41, 5.74) is 8.46. The van der Waals surface area contributed by atoms with Gasteiger partial charge < -0.3 is 15.2 Å². The Morgan fingerprint density at radius 1 is 0.944 bits per heavy atom. The van der Waals surface area contributed by atoms with E-state index in [4.69, 9.17) is 0 Å². The van der Waals surface area contributed by atoms with Gasteiger partial charge in [0.15, 0.2) is 0 Å². The Morgan fingerprint density at radius 3 is 2.67 bits per heavy atom. The van der Waals surface area contributed by atoms with Gasteiger partial charge in [-0.05, 0) is 66.3 Å². The van der Waals surface area contributed by atoms with Crippen LogP contribution in [0.1, 0.15) is 0 Å². The molecule has 5 heterocycles. The normalized spacial score (nSPS) is 11.5. The third-order valence-electron chi connectivity index (χ3n) is 6.01. The molecule has 0 fully saturated rings. The molecule has 0 aliphatic heterocycles. The molecule has 0 saturated carbocycles. The first-order valence-electron chi connectivity index (χ1n) is 11.4. The molecule has 6 aromatic rings. The minimum atomic E-state index is -0.0818. The smallest absolute Gasteiger partial charge is 0.238 e. The number of anilines is 1. The Morgan fingerprint density at radius 2 is 1.83 bits per heavy atom. The van der Waals surface area contributed by atoms with Gasteiger partial charge in [-0.1, -0.05) is 6.07 Å². The first-order chi connectivity index (χ1) is 17.5. The van der Waals surface area contributed by atoms with Crippen molar-refractivity contribution in [1.82, 2.24) is 30.0 Å². The summed E-state index contributed by atoms with van der Waals surface area (Å²) in [6.07, 6.45) is 7.20. The first-order valence-corrected chi connectivity index (χ1v) is 12.4. The van der Waals surface area contributed by atoms with E-state index in [0.29, 0.717) is 12.2 Å². The van der Waals surface area contributed by atoms with E-state index in [2.05, 4.69) is 59.4 Å². The maximum Gasteiger partial charge on any atom is 0.238 e. The summed E-state index contributed by atoms with van der Waals surface area (Å²) >= 11 is 1.67. The number of aromatic nitrogens is 5. The van der Waals surface area contributed by atoms with Crippen LogP contribution in [0.4, 0.5) is 5.69 Å². The number of nitrogens with zero attached hydrogens (tertiary/aromatic N) is 4. The number of pyridine rings is 2. The highest BCUT2D eigenvalue weighted by atomic mass is 32.1. The van der Waals surface area contributed by atoms with E-state index >= 15 is 0 Å². The van der Waals surface area contributed by atoms with Gasteiger partial charge in [-0.15, -0.1) is 0 Å². The molecule has 1 amide bonds. The zero-order valence-corrected chi connectivity index (χ0v) is 20.6. The molecule has 178 valence electrons. The second-order valence-electron chi connectivity index (χ2n) is 8.92. The SMILES string of the molecule is CN(C)CC(=O)Nc1cncc(-c2ccc3[nH]nc(-c4cc5c(-c6ccsc6)cncc5[nH]4)c3c2)c1. The monoisotopic (exact) mass is 493 g/mol. The number of hydrogen-bond acceptors (Lipinski definition) is 6. The van der Waals surface area contributed by atoms with E-state index in [1.54, 1.807) is 23.7 Å². The van der Waals surface area contributed by atoms with Crippen LogP contribution in [0.2, 0.25) is 0 Å². The lowest BCUT2D eigenvalue weighted by Crippen LogP contribution is -2.27. The standard InChI is InChI=1S/C27H23N7OS/c1-34(2)14-26(35)30-19-7-18(10-28-11-19)16-3-4-23-21(8-16)27(33-32-23)24-9-20-22(17-5-6-36-15-17)12-29-13-25(20)31-24/h3-13,15,31H,14H2,1-2H3,(H,30,35)(H,32,33). The van der Waals surface area contributed by atoms with Gasteiger partial charge in [-0.2, -0.15) is 16.4 Å². The number of benzene rings is 1. The fourth-order valence-electron chi connectivity index (χ4n) is 4.38. The van der Waals surface area contributed by atoms with Crippen LogP contribution in [0.15, 0.2) is 71.9 Å². The zero-order chi connectivity index (χ0) is 24.6. The van der Waals surface area contributed by atoms with Gasteiger partial charge in [0, 0.05) is 34.3 Å². The van der Waals surface area contributed by atoms with Crippen molar-refractivity contribution in [3.05, 3.63) is 71.9 Å². The second kappa shape index (κ2) is 9.03. The van der Waals surface area contributed by atoms with Crippen molar-refractivity contribution in [2.24, 2.45) is 0 Å². The molecule has 0 bridgehead atoms. The summed E-state index contributed by atoms with van der Waals surface area (Å²) in [6, 6.07) is 12.3. The van der Waals surface area contributed by atoms with Gasteiger partial charge in [0.1, 0.15) is 5.69 Å². The Kier molecular flexibility index (Phi) is 5.55. The van der Waals surface area contributed by atoms with Gasteiger partial charge >= 0.3 is 0 Å². The van der Waals surface area contributed by atoms with Crippen LogP contribution in [-0.4, -0.2) is 56.6 Å². The van der Waals surface area contributed by atoms with Crippen LogP contribution in [0.5, 0.6) is 0 Å². The third kappa shape index (κ3) is 4.15. The number of likely N-dealkylation sites (N-methyl/N-ethyl adjacent to an activating group) is 1. The van der Waals surface area contributed by atoms with Crippen molar-refractivity contribution in [3.63, 3.8) is 0 Å². The van der Waals surface area contributed by atoms with Crippen LogP contribution in [0.25, 0.3) is 55.4 Å². The molecule has 0 saturated heterocycles. The average molecular weight is 494 g/mol. The average Bonchev–Trinajstić information content (AvgIpc) is 3.62. The number of aromatic amines is 2. The highest BCUT2D eigenvalue weighted by Crippen LogP contribution is 2.35. The number of H-pyrrole nitrogens is 2. The molecule has 6 rings (SSSR count). The predicted molar refractivity (Wildman–Crippen MR) is 145 cm³/mol. The number of carbonyl (C=O) groups excluding carboxylic acids is 1. The Hall–Kier alpha value is -4.34. The van der Waals surface area contributed by atoms with Gasteiger partial charge in [0.25, 0.3) is 0 Å². The van der Waals surface area contributed by atoms with Crippen LogP contribution in [-0.2, 0) is 4.79 Å². The molecule has 0 atom stereocenters. The lowest BCUT2D eigenvalue weighted by molar-refractivity contribution is -0.116. The first kappa shape index (κ1) is 22.1. The molecular weight excluding hydrogens is 470 g/mol. The fourth-order valence-corrected chi connectivity index (χ4v) is 5.04. The van der Waals surface area contributed by atoms with Crippen molar-refractivity contribution in [3.8, 4) is 33.6 Å². The summed E-state index contributed by atoms with van der Waals surface area (Å²) in [4.78, 5) is 26.3. The molecule has 0 spiro atoms. The van der Waals surface area contributed by atoms with Gasteiger partial charge in [-0.3, -0.25) is 19.9 Å². The number of hydrogen-bond donors (Lipinski definition) is 3. The fraction of sp³-hybridized carbons (Fsp3) is 0.111. The second-order valence-corrected chi connectivity index (χ2v) is 9.70. The molecule has 9 heteroatoms. The number of fused-ring (bicyclic) bond motifs is 2. The van der Waals surface area contributed by atoms with Crippen LogP contribution in [0, 0.1) is 0 Å². The van der Waals surface area contributed by atoms with Crippen LogP contribution >= 0.6 is 11.3 Å². The quantitative estimate of drug-likeness (QED) is 0.288. The largest absolute Gasteiger partial charge is 0.352 e. The Balaban J connectivity index is 1.38. The van der Waals surface area contributed by atoms with Crippen molar-refractivity contribution >= 4 is 44.7 Å². The summed E-state index contributed by atoms with van der Waals surface area (Å²) in [7, 11) is 3.72.